The van der Waals surface area contributed by atoms with E-state index in [1.165, 1.54) is 0 Å². The molecular weight excluding hydrogens is 290 g/mol. The van der Waals surface area contributed by atoms with E-state index in [1.54, 1.807) is 24.5 Å². The van der Waals surface area contributed by atoms with Crippen LogP contribution >= 0.6 is 0 Å². The average Bonchev–Trinajstić information content (AvgIpc) is 2.63. The summed E-state index contributed by atoms with van der Waals surface area (Å²) in [5.74, 6) is -0.0234. The molecule has 1 saturated heterocycles. The highest BCUT2D eigenvalue weighted by Crippen LogP contribution is 2.14. The Morgan fingerprint density at radius 3 is 2.26 bits per heavy atom. The fourth-order valence-corrected chi connectivity index (χ4v) is 2.76. The molecule has 0 aliphatic carbocycles. The SMILES string of the molecule is O=C(NC1CCN(C(=O)c2ccccc2)CC1)c1ccncc1. The van der Waals surface area contributed by atoms with E-state index < -0.39 is 0 Å². The molecule has 2 amide bonds. The van der Waals surface area contributed by atoms with Gasteiger partial charge in [0.05, 0.1) is 0 Å². The molecule has 1 aromatic heterocycles. The van der Waals surface area contributed by atoms with Gasteiger partial charge < -0.3 is 10.2 Å². The minimum absolute atomic E-state index is 0.0597. The van der Waals surface area contributed by atoms with Crippen LogP contribution in [0.1, 0.15) is 33.6 Å². The molecule has 1 aliphatic rings. The first-order chi connectivity index (χ1) is 11.2. The van der Waals surface area contributed by atoms with Gasteiger partial charge in [0.25, 0.3) is 11.8 Å². The fraction of sp³-hybridized carbons (Fsp3) is 0.278. The lowest BCUT2D eigenvalue weighted by molar-refractivity contribution is 0.0698. The molecule has 118 valence electrons. The summed E-state index contributed by atoms with van der Waals surface area (Å²) in [5.41, 5.74) is 1.33. The van der Waals surface area contributed by atoms with E-state index in [4.69, 9.17) is 0 Å². The van der Waals surface area contributed by atoms with E-state index in [9.17, 15) is 9.59 Å². The molecule has 23 heavy (non-hydrogen) atoms. The Bertz CT molecular complexity index is 665. The first-order valence-corrected chi connectivity index (χ1v) is 7.79. The number of nitrogens with zero attached hydrogens (tertiary/aromatic N) is 2. The highest BCUT2D eigenvalue weighted by Gasteiger charge is 2.24. The van der Waals surface area contributed by atoms with Crippen molar-refractivity contribution in [2.75, 3.05) is 13.1 Å². The lowest BCUT2D eigenvalue weighted by Gasteiger charge is -2.32. The maximum Gasteiger partial charge on any atom is 0.253 e. The van der Waals surface area contributed by atoms with Gasteiger partial charge in [-0.25, -0.2) is 0 Å². The Balaban J connectivity index is 1.53. The second kappa shape index (κ2) is 7.05. The summed E-state index contributed by atoms with van der Waals surface area (Å²) >= 11 is 0. The predicted octanol–water partition coefficient (Wildman–Crippen LogP) is 2.12. The molecule has 0 saturated carbocycles. The van der Waals surface area contributed by atoms with Crippen LogP contribution in [0.25, 0.3) is 0 Å². The summed E-state index contributed by atoms with van der Waals surface area (Å²) < 4.78 is 0. The standard InChI is InChI=1S/C18H19N3O2/c22-17(14-6-10-19-11-7-14)20-16-8-12-21(13-9-16)18(23)15-4-2-1-3-5-15/h1-7,10-11,16H,8-9,12-13H2,(H,20,22). The number of hydrogen-bond acceptors (Lipinski definition) is 3. The van der Waals surface area contributed by atoms with Crippen LogP contribution in [0, 0.1) is 0 Å². The number of aromatic nitrogens is 1. The summed E-state index contributed by atoms with van der Waals surface area (Å²) in [5, 5.41) is 3.03. The van der Waals surface area contributed by atoms with Crippen LogP contribution in [0.4, 0.5) is 0 Å². The van der Waals surface area contributed by atoms with Gasteiger partial charge in [0.15, 0.2) is 0 Å². The van der Waals surface area contributed by atoms with Crippen molar-refractivity contribution in [1.29, 1.82) is 0 Å². The smallest absolute Gasteiger partial charge is 0.253 e. The number of carbonyl (C=O) groups is 2. The summed E-state index contributed by atoms with van der Waals surface area (Å²) in [7, 11) is 0. The predicted molar refractivity (Wildman–Crippen MR) is 87.1 cm³/mol. The third-order valence-electron chi connectivity index (χ3n) is 4.08. The molecule has 0 spiro atoms. The van der Waals surface area contributed by atoms with Crippen molar-refractivity contribution in [3.05, 3.63) is 66.0 Å². The molecular formula is C18H19N3O2. The van der Waals surface area contributed by atoms with Crippen molar-refractivity contribution in [1.82, 2.24) is 15.2 Å². The van der Waals surface area contributed by atoms with Gasteiger partial charge in [-0.2, -0.15) is 0 Å². The number of nitrogens with one attached hydrogen (secondary N) is 1. The van der Waals surface area contributed by atoms with E-state index in [2.05, 4.69) is 10.3 Å². The van der Waals surface area contributed by atoms with Crippen molar-refractivity contribution in [3.8, 4) is 0 Å². The molecule has 0 unspecified atom stereocenters. The number of rotatable bonds is 3. The largest absolute Gasteiger partial charge is 0.349 e. The van der Waals surface area contributed by atoms with Crippen molar-refractivity contribution in [3.63, 3.8) is 0 Å². The quantitative estimate of drug-likeness (QED) is 0.944. The molecule has 5 nitrogen and oxygen atoms in total. The van der Waals surface area contributed by atoms with Gasteiger partial charge in [-0.15, -0.1) is 0 Å². The summed E-state index contributed by atoms with van der Waals surface area (Å²) in [4.78, 5) is 30.3. The van der Waals surface area contributed by atoms with Gasteiger partial charge in [0.1, 0.15) is 0 Å². The monoisotopic (exact) mass is 309 g/mol. The molecule has 1 N–H and O–H groups in total. The van der Waals surface area contributed by atoms with Gasteiger partial charge >= 0.3 is 0 Å². The number of hydrogen-bond donors (Lipinski definition) is 1. The molecule has 0 atom stereocenters. The minimum Gasteiger partial charge on any atom is -0.349 e. The van der Waals surface area contributed by atoms with Gasteiger partial charge in [0, 0.05) is 42.7 Å². The summed E-state index contributed by atoms with van der Waals surface area (Å²) in [6.07, 6.45) is 4.76. The number of likely N-dealkylation sites (tertiary alicyclic amines) is 1. The van der Waals surface area contributed by atoms with Crippen LogP contribution in [0.3, 0.4) is 0 Å². The van der Waals surface area contributed by atoms with E-state index in [-0.39, 0.29) is 17.9 Å². The van der Waals surface area contributed by atoms with E-state index in [0.717, 1.165) is 12.8 Å². The Hall–Kier alpha value is -2.69. The molecule has 1 aliphatic heterocycles. The molecule has 2 heterocycles. The van der Waals surface area contributed by atoms with Crippen molar-refractivity contribution < 1.29 is 9.59 Å². The van der Waals surface area contributed by atoms with Gasteiger partial charge in [-0.1, -0.05) is 18.2 Å². The lowest BCUT2D eigenvalue weighted by atomic mass is 10.0. The zero-order chi connectivity index (χ0) is 16.1. The third kappa shape index (κ3) is 3.74. The Morgan fingerprint density at radius 1 is 0.957 bits per heavy atom. The van der Waals surface area contributed by atoms with Gasteiger partial charge in [0.2, 0.25) is 0 Å². The maximum atomic E-state index is 12.4. The molecule has 0 radical (unpaired) electrons. The first-order valence-electron chi connectivity index (χ1n) is 7.79. The molecule has 1 fully saturated rings. The second-order valence-corrected chi connectivity index (χ2v) is 5.64. The Labute approximate surface area is 135 Å². The number of piperidine rings is 1. The fourth-order valence-electron chi connectivity index (χ4n) is 2.76. The zero-order valence-electron chi connectivity index (χ0n) is 12.8. The van der Waals surface area contributed by atoms with E-state index >= 15 is 0 Å². The highest BCUT2D eigenvalue weighted by atomic mass is 16.2. The molecule has 5 heteroatoms. The molecule has 0 bridgehead atoms. The van der Waals surface area contributed by atoms with Crippen LogP contribution in [-0.4, -0.2) is 40.8 Å². The van der Waals surface area contributed by atoms with Gasteiger partial charge in [-0.3, -0.25) is 14.6 Å². The Morgan fingerprint density at radius 2 is 1.61 bits per heavy atom. The minimum atomic E-state index is -0.0831. The topological polar surface area (TPSA) is 62.3 Å². The van der Waals surface area contributed by atoms with Gasteiger partial charge in [-0.05, 0) is 37.1 Å². The van der Waals surface area contributed by atoms with Crippen LogP contribution in [0.5, 0.6) is 0 Å². The van der Waals surface area contributed by atoms with Crippen molar-refractivity contribution in [2.45, 2.75) is 18.9 Å². The molecule has 3 rings (SSSR count). The number of carbonyl (C=O) groups excluding carboxylic acids is 2. The molecule has 1 aromatic carbocycles. The van der Waals surface area contributed by atoms with E-state index in [0.29, 0.717) is 24.2 Å². The van der Waals surface area contributed by atoms with Crippen LogP contribution in [0.15, 0.2) is 54.9 Å². The van der Waals surface area contributed by atoms with Crippen LogP contribution in [-0.2, 0) is 0 Å². The third-order valence-corrected chi connectivity index (χ3v) is 4.08. The average molecular weight is 309 g/mol. The summed E-state index contributed by atoms with van der Waals surface area (Å²) in [6, 6.07) is 12.8. The normalized spacial score (nSPS) is 15.2. The number of benzene rings is 1. The van der Waals surface area contributed by atoms with Crippen molar-refractivity contribution >= 4 is 11.8 Å². The summed E-state index contributed by atoms with van der Waals surface area (Å²) in [6.45, 7) is 1.32. The zero-order valence-corrected chi connectivity index (χ0v) is 12.8. The van der Waals surface area contributed by atoms with Crippen LogP contribution < -0.4 is 5.32 Å². The number of amides is 2. The lowest BCUT2D eigenvalue weighted by Crippen LogP contribution is -2.46. The van der Waals surface area contributed by atoms with Crippen molar-refractivity contribution in [2.24, 2.45) is 0 Å². The highest BCUT2D eigenvalue weighted by molar-refractivity contribution is 5.95. The molecule has 2 aromatic rings. The Kier molecular flexibility index (Phi) is 4.66. The maximum absolute atomic E-state index is 12.4. The van der Waals surface area contributed by atoms with Crippen LogP contribution in [0.2, 0.25) is 0 Å². The second-order valence-electron chi connectivity index (χ2n) is 5.64. The first kappa shape index (κ1) is 15.2. The van der Waals surface area contributed by atoms with E-state index in [1.807, 2.05) is 35.2 Å². The number of pyridine rings is 1.